The molecule has 0 aromatic heterocycles. The van der Waals surface area contributed by atoms with Gasteiger partial charge in [-0.15, -0.1) is 0 Å². The zero-order chi connectivity index (χ0) is 11.9. The van der Waals surface area contributed by atoms with Gasteiger partial charge in [-0.2, -0.15) is 5.26 Å². The number of nitriles is 1. The van der Waals surface area contributed by atoms with Gasteiger partial charge < -0.3 is 4.90 Å². The van der Waals surface area contributed by atoms with Crippen molar-refractivity contribution in [3.63, 3.8) is 0 Å². The van der Waals surface area contributed by atoms with Gasteiger partial charge in [0.25, 0.3) is 0 Å². The van der Waals surface area contributed by atoms with Crippen molar-refractivity contribution in [1.82, 2.24) is 4.90 Å². The summed E-state index contributed by atoms with van der Waals surface area (Å²) >= 11 is 0. The van der Waals surface area contributed by atoms with Gasteiger partial charge in [0.2, 0.25) is 5.91 Å². The van der Waals surface area contributed by atoms with Crippen LogP contribution < -0.4 is 0 Å². The van der Waals surface area contributed by atoms with Crippen LogP contribution in [-0.2, 0) is 4.79 Å². The average Bonchev–Trinajstić information content (AvgIpc) is 2.29. The molecule has 0 aromatic rings. The molecule has 0 unspecified atom stereocenters. The standard InChI is InChI=1S/C12H22N2O/c1-5-8-9-12(6-2,10-13)11(15)14(4)7-3/h5-9H2,1-4H3/t12-/m0/s1. The second-order valence-corrected chi connectivity index (χ2v) is 3.97. The lowest BCUT2D eigenvalue weighted by Crippen LogP contribution is -2.40. The molecule has 1 atom stereocenters. The fraction of sp³-hybridized carbons (Fsp3) is 0.833. The van der Waals surface area contributed by atoms with Crippen molar-refractivity contribution in [3.8, 4) is 6.07 Å². The maximum Gasteiger partial charge on any atom is 0.242 e. The van der Waals surface area contributed by atoms with Crippen molar-refractivity contribution in [2.75, 3.05) is 13.6 Å². The minimum Gasteiger partial charge on any atom is -0.345 e. The van der Waals surface area contributed by atoms with Gasteiger partial charge in [-0.1, -0.05) is 26.7 Å². The predicted molar refractivity (Wildman–Crippen MR) is 61.2 cm³/mol. The zero-order valence-corrected chi connectivity index (χ0v) is 10.3. The normalized spacial score (nSPS) is 14.1. The van der Waals surface area contributed by atoms with Gasteiger partial charge in [0.15, 0.2) is 0 Å². The van der Waals surface area contributed by atoms with Crippen LogP contribution in [0, 0.1) is 16.7 Å². The molecule has 3 nitrogen and oxygen atoms in total. The van der Waals surface area contributed by atoms with E-state index in [1.54, 1.807) is 11.9 Å². The van der Waals surface area contributed by atoms with Crippen LogP contribution in [0.15, 0.2) is 0 Å². The Bertz CT molecular complexity index is 244. The minimum atomic E-state index is -0.791. The summed E-state index contributed by atoms with van der Waals surface area (Å²) in [5.41, 5.74) is -0.791. The number of hydrogen-bond acceptors (Lipinski definition) is 2. The molecule has 0 aliphatic heterocycles. The van der Waals surface area contributed by atoms with E-state index in [1.165, 1.54) is 0 Å². The molecule has 0 aromatic carbocycles. The second kappa shape index (κ2) is 6.44. The SMILES string of the molecule is CCCC[C@](C#N)(CC)C(=O)N(C)CC. The van der Waals surface area contributed by atoms with Crippen molar-refractivity contribution in [2.45, 2.75) is 46.5 Å². The summed E-state index contributed by atoms with van der Waals surface area (Å²) in [5.74, 6) is -0.0246. The molecule has 0 N–H and O–H groups in total. The first kappa shape index (κ1) is 14.0. The van der Waals surface area contributed by atoms with E-state index < -0.39 is 5.41 Å². The topological polar surface area (TPSA) is 44.1 Å². The van der Waals surface area contributed by atoms with Crippen LogP contribution in [-0.4, -0.2) is 24.4 Å². The van der Waals surface area contributed by atoms with E-state index >= 15 is 0 Å². The third-order valence-corrected chi connectivity index (χ3v) is 3.01. The molecule has 0 rings (SSSR count). The maximum absolute atomic E-state index is 12.1. The Labute approximate surface area is 93.1 Å². The van der Waals surface area contributed by atoms with Gasteiger partial charge in [0.1, 0.15) is 5.41 Å². The highest BCUT2D eigenvalue weighted by molar-refractivity contribution is 5.85. The Morgan fingerprint density at radius 2 is 2.00 bits per heavy atom. The summed E-state index contributed by atoms with van der Waals surface area (Å²) in [6.07, 6.45) is 3.24. The largest absolute Gasteiger partial charge is 0.345 e. The highest BCUT2D eigenvalue weighted by Gasteiger charge is 2.37. The first-order valence-electron chi connectivity index (χ1n) is 5.74. The third-order valence-electron chi connectivity index (χ3n) is 3.01. The summed E-state index contributed by atoms with van der Waals surface area (Å²) < 4.78 is 0. The summed E-state index contributed by atoms with van der Waals surface area (Å²) in [7, 11) is 1.76. The summed E-state index contributed by atoms with van der Waals surface area (Å²) in [5, 5.41) is 9.22. The third kappa shape index (κ3) is 3.23. The minimum absolute atomic E-state index is 0.0246. The molecule has 0 aliphatic rings. The van der Waals surface area contributed by atoms with Gasteiger partial charge in [-0.3, -0.25) is 4.79 Å². The molecule has 0 spiro atoms. The lowest BCUT2D eigenvalue weighted by molar-refractivity contribution is -0.138. The molecule has 0 fully saturated rings. The first-order chi connectivity index (χ1) is 7.07. The number of hydrogen-bond donors (Lipinski definition) is 0. The van der Waals surface area contributed by atoms with Crippen molar-refractivity contribution in [3.05, 3.63) is 0 Å². The highest BCUT2D eigenvalue weighted by atomic mass is 16.2. The number of amides is 1. The van der Waals surface area contributed by atoms with Gasteiger partial charge in [0, 0.05) is 13.6 Å². The lowest BCUT2D eigenvalue weighted by Gasteiger charge is -2.28. The number of unbranched alkanes of at least 4 members (excludes halogenated alkanes) is 1. The number of rotatable bonds is 6. The lowest BCUT2D eigenvalue weighted by atomic mass is 9.80. The monoisotopic (exact) mass is 210 g/mol. The molecule has 0 bridgehead atoms. The van der Waals surface area contributed by atoms with Crippen molar-refractivity contribution in [1.29, 1.82) is 5.26 Å². The zero-order valence-electron chi connectivity index (χ0n) is 10.3. The van der Waals surface area contributed by atoms with E-state index in [0.717, 1.165) is 12.8 Å². The maximum atomic E-state index is 12.1. The quantitative estimate of drug-likeness (QED) is 0.676. The van der Waals surface area contributed by atoms with E-state index in [0.29, 0.717) is 19.4 Å². The van der Waals surface area contributed by atoms with Crippen molar-refractivity contribution >= 4 is 5.91 Å². The van der Waals surface area contributed by atoms with E-state index in [1.807, 2.05) is 13.8 Å². The molecule has 15 heavy (non-hydrogen) atoms. The van der Waals surface area contributed by atoms with E-state index in [4.69, 9.17) is 0 Å². The van der Waals surface area contributed by atoms with Crippen LogP contribution in [0.5, 0.6) is 0 Å². The van der Waals surface area contributed by atoms with E-state index in [2.05, 4.69) is 13.0 Å². The fourth-order valence-corrected chi connectivity index (χ4v) is 1.61. The average molecular weight is 210 g/mol. The van der Waals surface area contributed by atoms with Crippen molar-refractivity contribution < 1.29 is 4.79 Å². The summed E-state index contributed by atoms with van der Waals surface area (Å²) in [4.78, 5) is 13.7. The van der Waals surface area contributed by atoms with Crippen LogP contribution in [0.3, 0.4) is 0 Å². The molecular weight excluding hydrogens is 188 g/mol. The molecular formula is C12H22N2O. The van der Waals surface area contributed by atoms with Gasteiger partial charge in [-0.05, 0) is 19.8 Å². The molecule has 0 radical (unpaired) electrons. The van der Waals surface area contributed by atoms with Crippen LogP contribution in [0.25, 0.3) is 0 Å². The van der Waals surface area contributed by atoms with Crippen LogP contribution >= 0.6 is 0 Å². The predicted octanol–water partition coefficient (Wildman–Crippen LogP) is 2.57. The van der Waals surface area contributed by atoms with Gasteiger partial charge >= 0.3 is 0 Å². The molecule has 86 valence electrons. The summed E-state index contributed by atoms with van der Waals surface area (Å²) in [6.45, 7) is 6.58. The molecule has 1 amide bonds. The van der Waals surface area contributed by atoms with Gasteiger partial charge in [0.05, 0.1) is 6.07 Å². The van der Waals surface area contributed by atoms with Crippen LogP contribution in [0.2, 0.25) is 0 Å². The van der Waals surface area contributed by atoms with Crippen LogP contribution in [0.4, 0.5) is 0 Å². The molecule has 0 aliphatic carbocycles. The first-order valence-corrected chi connectivity index (χ1v) is 5.74. The molecule has 0 saturated heterocycles. The van der Waals surface area contributed by atoms with E-state index in [-0.39, 0.29) is 5.91 Å². The number of carbonyl (C=O) groups is 1. The number of carbonyl (C=O) groups excluding carboxylic acids is 1. The van der Waals surface area contributed by atoms with E-state index in [9.17, 15) is 10.1 Å². The Hall–Kier alpha value is -1.04. The summed E-state index contributed by atoms with van der Waals surface area (Å²) in [6, 6.07) is 2.22. The number of nitrogens with zero attached hydrogens (tertiary/aromatic N) is 2. The Morgan fingerprint density at radius 3 is 2.33 bits per heavy atom. The van der Waals surface area contributed by atoms with Crippen molar-refractivity contribution in [2.24, 2.45) is 5.41 Å². The molecule has 0 saturated carbocycles. The fourth-order valence-electron chi connectivity index (χ4n) is 1.61. The highest BCUT2D eigenvalue weighted by Crippen LogP contribution is 2.30. The smallest absolute Gasteiger partial charge is 0.242 e. The Morgan fingerprint density at radius 1 is 1.40 bits per heavy atom. The Kier molecular flexibility index (Phi) is 6.00. The molecule has 3 heteroatoms. The Balaban J connectivity index is 4.77. The molecule has 0 heterocycles. The van der Waals surface area contributed by atoms with Gasteiger partial charge in [-0.25, -0.2) is 0 Å². The van der Waals surface area contributed by atoms with Crippen LogP contribution in [0.1, 0.15) is 46.5 Å². The second-order valence-electron chi connectivity index (χ2n) is 3.97.